The summed E-state index contributed by atoms with van der Waals surface area (Å²) in [4.78, 5) is 28.7. The van der Waals surface area contributed by atoms with Gasteiger partial charge in [-0.2, -0.15) is 13.2 Å². The Bertz CT molecular complexity index is 1450. The topological polar surface area (TPSA) is 86.8 Å². The molecule has 0 unspecified atom stereocenters. The summed E-state index contributed by atoms with van der Waals surface area (Å²) in [7, 11) is -4.20. The van der Waals surface area contributed by atoms with E-state index in [-0.39, 0.29) is 24.7 Å². The monoisotopic (exact) mass is 653 g/mol. The Labute approximate surface area is 246 Å². The van der Waals surface area contributed by atoms with Crippen LogP contribution in [0.4, 0.5) is 18.9 Å². The first-order chi connectivity index (χ1) is 19.1. The number of nitrogens with zero attached hydrogens (tertiary/aromatic N) is 2. The number of sulfonamides is 1. The zero-order valence-electron chi connectivity index (χ0n) is 22.7. The highest BCUT2D eigenvalue weighted by molar-refractivity contribution is 9.10. The molecule has 0 saturated carbocycles. The van der Waals surface area contributed by atoms with E-state index in [2.05, 4.69) is 21.2 Å². The minimum atomic E-state index is -4.72. The Morgan fingerprint density at radius 1 is 0.927 bits per heavy atom. The molecule has 0 spiro atoms. The quantitative estimate of drug-likeness (QED) is 0.300. The summed E-state index contributed by atoms with van der Waals surface area (Å²) in [5.41, 5.74) is 0.0661. The van der Waals surface area contributed by atoms with Gasteiger partial charge < -0.3 is 10.2 Å². The van der Waals surface area contributed by atoms with Crippen molar-refractivity contribution < 1.29 is 31.2 Å². The standard InChI is InChI=1S/C29H31BrF3N3O4S/c1-20(2)34-28(38)26(16-21-8-5-4-6-9-21)35(18-22-12-14-24(30)15-13-22)27(37)19-36(41(3,39)40)25-11-7-10-23(17-25)29(31,32)33/h4-15,17,20,26H,16,18-19H2,1-3H3,(H,34,38)/t26-/m1/s1. The number of benzene rings is 3. The molecule has 3 rings (SSSR count). The van der Waals surface area contributed by atoms with E-state index in [1.54, 1.807) is 50.2 Å². The van der Waals surface area contributed by atoms with Crippen LogP contribution in [0.2, 0.25) is 0 Å². The van der Waals surface area contributed by atoms with Crippen LogP contribution in [0.5, 0.6) is 0 Å². The number of carbonyl (C=O) groups excluding carboxylic acids is 2. The van der Waals surface area contributed by atoms with E-state index >= 15 is 0 Å². The molecule has 0 aliphatic rings. The molecule has 0 bridgehead atoms. The van der Waals surface area contributed by atoms with Crippen molar-refractivity contribution in [3.8, 4) is 0 Å². The smallest absolute Gasteiger partial charge is 0.352 e. The number of halogens is 4. The number of anilines is 1. The number of nitrogens with one attached hydrogen (secondary N) is 1. The number of hydrogen-bond acceptors (Lipinski definition) is 4. The molecular weight excluding hydrogens is 623 g/mol. The molecule has 7 nitrogen and oxygen atoms in total. The van der Waals surface area contributed by atoms with Crippen LogP contribution < -0.4 is 9.62 Å². The van der Waals surface area contributed by atoms with E-state index in [0.29, 0.717) is 15.9 Å². The predicted molar refractivity (Wildman–Crippen MR) is 156 cm³/mol. The van der Waals surface area contributed by atoms with Crippen molar-refractivity contribution in [2.75, 3.05) is 17.1 Å². The second-order valence-corrected chi connectivity index (χ2v) is 12.7. The van der Waals surface area contributed by atoms with Crippen molar-refractivity contribution in [3.05, 3.63) is 100 Å². The average Bonchev–Trinajstić information content (AvgIpc) is 2.89. The van der Waals surface area contributed by atoms with Gasteiger partial charge in [0.25, 0.3) is 0 Å². The van der Waals surface area contributed by atoms with Gasteiger partial charge >= 0.3 is 6.18 Å². The molecule has 0 saturated heterocycles. The van der Waals surface area contributed by atoms with Crippen LogP contribution in [0.3, 0.4) is 0 Å². The molecule has 0 radical (unpaired) electrons. The Morgan fingerprint density at radius 2 is 1.56 bits per heavy atom. The van der Waals surface area contributed by atoms with Gasteiger partial charge in [0.1, 0.15) is 12.6 Å². The molecule has 0 fully saturated rings. The van der Waals surface area contributed by atoms with E-state index in [0.717, 1.165) is 28.4 Å². The highest BCUT2D eigenvalue weighted by atomic mass is 79.9. The summed E-state index contributed by atoms with van der Waals surface area (Å²) < 4.78 is 67.2. The zero-order valence-corrected chi connectivity index (χ0v) is 25.1. The Hall–Kier alpha value is -3.38. The Morgan fingerprint density at radius 3 is 2.12 bits per heavy atom. The first-order valence-electron chi connectivity index (χ1n) is 12.7. The van der Waals surface area contributed by atoms with Crippen molar-refractivity contribution in [3.63, 3.8) is 0 Å². The number of amides is 2. The lowest BCUT2D eigenvalue weighted by molar-refractivity contribution is -0.140. The normalized spacial score (nSPS) is 12.6. The Balaban J connectivity index is 2.07. The molecule has 3 aromatic rings. The van der Waals surface area contributed by atoms with Crippen LogP contribution in [0.1, 0.15) is 30.5 Å². The summed E-state index contributed by atoms with van der Waals surface area (Å²) in [6, 6.07) is 18.6. The molecule has 0 aliphatic carbocycles. The third kappa shape index (κ3) is 9.32. The fourth-order valence-electron chi connectivity index (χ4n) is 4.17. The average molecular weight is 655 g/mol. The molecule has 0 heterocycles. The molecule has 0 aromatic heterocycles. The lowest BCUT2D eigenvalue weighted by Crippen LogP contribution is -2.54. The highest BCUT2D eigenvalue weighted by Gasteiger charge is 2.35. The van der Waals surface area contributed by atoms with E-state index in [1.807, 2.05) is 18.2 Å². The van der Waals surface area contributed by atoms with Crippen molar-refractivity contribution in [2.24, 2.45) is 0 Å². The summed E-state index contributed by atoms with van der Waals surface area (Å²) >= 11 is 3.37. The van der Waals surface area contributed by atoms with Gasteiger partial charge in [0.05, 0.1) is 17.5 Å². The van der Waals surface area contributed by atoms with Gasteiger partial charge in [0, 0.05) is 23.5 Å². The van der Waals surface area contributed by atoms with Gasteiger partial charge in [0.15, 0.2) is 0 Å². The highest BCUT2D eigenvalue weighted by Crippen LogP contribution is 2.32. The van der Waals surface area contributed by atoms with E-state index < -0.39 is 46.2 Å². The Kier molecular flexibility index (Phi) is 10.6. The molecular formula is C29H31BrF3N3O4S. The predicted octanol–water partition coefficient (Wildman–Crippen LogP) is 5.40. The molecule has 41 heavy (non-hydrogen) atoms. The van der Waals surface area contributed by atoms with Crippen LogP contribution in [0, 0.1) is 0 Å². The van der Waals surface area contributed by atoms with Crippen molar-refractivity contribution in [1.29, 1.82) is 0 Å². The van der Waals surface area contributed by atoms with Crippen LogP contribution in [-0.2, 0) is 38.8 Å². The molecule has 220 valence electrons. The summed E-state index contributed by atoms with van der Waals surface area (Å²) in [6.45, 7) is 2.70. The first-order valence-corrected chi connectivity index (χ1v) is 15.3. The minimum absolute atomic E-state index is 0.0463. The van der Waals surface area contributed by atoms with Gasteiger partial charge in [-0.05, 0) is 55.3 Å². The molecule has 3 aromatic carbocycles. The maximum atomic E-state index is 14.0. The minimum Gasteiger partial charge on any atom is -0.352 e. The van der Waals surface area contributed by atoms with Crippen molar-refractivity contribution in [1.82, 2.24) is 10.2 Å². The molecule has 12 heteroatoms. The SMILES string of the molecule is CC(C)NC(=O)[C@@H](Cc1ccccc1)N(Cc1ccc(Br)cc1)C(=O)CN(c1cccc(C(F)(F)F)c1)S(C)(=O)=O. The number of carbonyl (C=O) groups is 2. The van der Waals surface area contributed by atoms with Gasteiger partial charge in [-0.25, -0.2) is 8.42 Å². The van der Waals surface area contributed by atoms with Gasteiger partial charge in [-0.3, -0.25) is 13.9 Å². The van der Waals surface area contributed by atoms with E-state index in [4.69, 9.17) is 0 Å². The third-order valence-electron chi connectivity index (χ3n) is 6.11. The molecule has 2 amide bonds. The van der Waals surface area contributed by atoms with Crippen molar-refractivity contribution >= 4 is 43.5 Å². The number of rotatable bonds is 11. The zero-order chi connectivity index (χ0) is 30.4. The van der Waals surface area contributed by atoms with Crippen LogP contribution in [-0.4, -0.2) is 50.0 Å². The third-order valence-corrected chi connectivity index (χ3v) is 7.78. The lowest BCUT2D eigenvalue weighted by atomic mass is 10.0. The van der Waals surface area contributed by atoms with Gasteiger partial charge in [0.2, 0.25) is 21.8 Å². The number of hydrogen-bond donors (Lipinski definition) is 1. The van der Waals surface area contributed by atoms with Gasteiger partial charge in [-0.15, -0.1) is 0 Å². The number of alkyl halides is 3. The largest absolute Gasteiger partial charge is 0.416 e. The summed E-state index contributed by atoms with van der Waals surface area (Å²) in [5.74, 6) is -1.20. The molecule has 1 N–H and O–H groups in total. The fourth-order valence-corrected chi connectivity index (χ4v) is 5.28. The lowest BCUT2D eigenvalue weighted by Gasteiger charge is -2.34. The molecule has 0 aliphatic heterocycles. The van der Waals surface area contributed by atoms with Crippen LogP contribution >= 0.6 is 15.9 Å². The maximum absolute atomic E-state index is 14.0. The second kappa shape index (κ2) is 13.5. The summed E-state index contributed by atoms with van der Waals surface area (Å²) in [5, 5.41) is 2.84. The summed E-state index contributed by atoms with van der Waals surface area (Å²) in [6.07, 6.45) is -3.77. The van der Waals surface area contributed by atoms with Crippen LogP contribution in [0.25, 0.3) is 0 Å². The van der Waals surface area contributed by atoms with E-state index in [1.165, 1.54) is 11.0 Å². The van der Waals surface area contributed by atoms with E-state index in [9.17, 15) is 31.2 Å². The maximum Gasteiger partial charge on any atom is 0.416 e. The molecule has 1 atom stereocenters. The van der Waals surface area contributed by atoms with Gasteiger partial charge in [-0.1, -0.05) is 64.5 Å². The van der Waals surface area contributed by atoms with Crippen LogP contribution in [0.15, 0.2) is 83.3 Å². The second-order valence-electron chi connectivity index (χ2n) is 9.83. The first kappa shape index (κ1) is 32.1. The van der Waals surface area contributed by atoms with Crippen molar-refractivity contribution in [2.45, 2.75) is 45.1 Å². The fraction of sp³-hybridized carbons (Fsp3) is 0.310.